The highest BCUT2D eigenvalue weighted by molar-refractivity contribution is 5.99. The minimum Gasteiger partial charge on any atom is -0.480 e. The Labute approximate surface area is 241 Å². The maximum Gasteiger partial charge on any atom is 0.395 e. The van der Waals surface area contributed by atoms with Crippen molar-refractivity contribution in [1.82, 2.24) is 14.8 Å². The Kier molecular flexibility index (Phi) is 8.23. The highest BCUT2D eigenvalue weighted by Crippen LogP contribution is 2.53. The van der Waals surface area contributed by atoms with E-state index in [9.17, 15) is 33.0 Å². The second-order valence-electron chi connectivity index (χ2n) is 12.1. The zero-order chi connectivity index (χ0) is 30.3. The van der Waals surface area contributed by atoms with Crippen LogP contribution in [-0.4, -0.2) is 87.5 Å². The average molecular weight is 594 g/mol. The lowest BCUT2D eigenvalue weighted by Crippen LogP contribution is -2.53. The summed E-state index contributed by atoms with van der Waals surface area (Å²) in [5, 5.41) is 19.5. The first-order valence-corrected chi connectivity index (χ1v) is 14.2. The van der Waals surface area contributed by atoms with Gasteiger partial charge in [-0.25, -0.2) is 14.2 Å². The van der Waals surface area contributed by atoms with E-state index >= 15 is 4.39 Å². The number of hydrogen-bond acceptors (Lipinski definition) is 6. The Morgan fingerprint density at radius 1 is 1.12 bits per heavy atom. The molecule has 3 aliphatic rings. The molecule has 1 amide bonds. The maximum atomic E-state index is 15.0. The number of aromatic nitrogens is 1. The number of aliphatic hydroxyl groups is 1. The first-order valence-electron chi connectivity index (χ1n) is 14.2. The van der Waals surface area contributed by atoms with Gasteiger partial charge in [-0.15, -0.1) is 0 Å². The standard InChI is InChI=1S/C30H35F4N3O5/c1-28(27(40)41)14-22(38)16-37(28)26(39)23-5-3-20(13-24(23)31)21-4-6-25(35-15-21)42-17-19-7-11-36(12-8-19)18-29(9-2-10-29)30(32,33)34/h3-6,13,15,19,22,38H,2,7-12,14,16-18H2,1H3,(H,40,41)/t22-,28+/m1/s1. The van der Waals surface area contributed by atoms with Gasteiger partial charge in [-0.05, 0) is 75.4 Å². The van der Waals surface area contributed by atoms with Gasteiger partial charge in [0.2, 0.25) is 5.88 Å². The van der Waals surface area contributed by atoms with Gasteiger partial charge in [-0.2, -0.15) is 13.2 Å². The van der Waals surface area contributed by atoms with Crippen LogP contribution in [0.25, 0.3) is 11.1 Å². The Morgan fingerprint density at radius 2 is 1.81 bits per heavy atom. The van der Waals surface area contributed by atoms with Crippen LogP contribution in [0.1, 0.15) is 55.8 Å². The summed E-state index contributed by atoms with van der Waals surface area (Å²) in [6, 6.07) is 7.36. The molecule has 2 atom stereocenters. The molecule has 1 aromatic heterocycles. The maximum absolute atomic E-state index is 15.0. The summed E-state index contributed by atoms with van der Waals surface area (Å²) in [5.41, 5.74) is -2.43. The molecule has 12 heteroatoms. The normalized spacial score (nSPS) is 24.8. The number of carbonyl (C=O) groups is 2. The van der Waals surface area contributed by atoms with E-state index < -0.39 is 40.9 Å². The van der Waals surface area contributed by atoms with E-state index in [0.717, 1.165) is 17.7 Å². The third-order valence-corrected chi connectivity index (χ3v) is 9.21. The number of pyridine rings is 1. The van der Waals surface area contributed by atoms with Crippen LogP contribution in [0.3, 0.4) is 0 Å². The summed E-state index contributed by atoms with van der Waals surface area (Å²) in [4.78, 5) is 32.0. The largest absolute Gasteiger partial charge is 0.480 e. The number of amides is 1. The summed E-state index contributed by atoms with van der Waals surface area (Å²) >= 11 is 0. The highest BCUT2D eigenvalue weighted by atomic mass is 19.4. The van der Waals surface area contributed by atoms with E-state index in [1.54, 1.807) is 18.2 Å². The summed E-state index contributed by atoms with van der Waals surface area (Å²) in [5.74, 6) is -2.32. The number of halogens is 4. The van der Waals surface area contributed by atoms with Crippen molar-refractivity contribution in [2.75, 3.05) is 32.8 Å². The molecule has 1 saturated carbocycles. The van der Waals surface area contributed by atoms with Crippen LogP contribution in [0, 0.1) is 17.2 Å². The lowest BCUT2D eigenvalue weighted by Gasteiger charge is -2.47. The second kappa shape index (κ2) is 11.4. The van der Waals surface area contributed by atoms with Gasteiger partial charge in [0.1, 0.15) is 11.4 Å². The van der Waals surface area contributed by atoms with Gasteiger partial charge in [-0.1, -0.05) is 12.5 Å². The van der Waals surface area contributed by atoms with Crippen LogP contribution in [0.2, 0.25) is 0 Å². The third-order valence-electron chi connectivity index (χ3n) is 9.21. The van der Waals surface area contributed by atoms with E-state index in [2.05, 4.69) is 4.98 Å². The predicted octanol–water partition coefficient (Wildman–Crippen LogP) is 4.76. The molecule has 2 aliphatic heterocycles. The number of rotatable bonds is 8. The minimum atomic E-state index is -4.16. The van der Waals surface area contributed by atoms with Gasteiger partial charge in [0, 0.05) is 37.3 Å². The summed E-state index contributed by atoms with van der Waals surface area (Å²) in [7, 11) is 0. The van der Waals surface area contributed by atoms with Crippen LogP contribution in [0.15, 0.2) is 36.5 Å². The van der Waals surface area contributed by atoms with Crippen LogP contribution in [0.4, 0.5) is 17.6 Å². The van der Waals surface area contributed by atoms with Crippen molar-refractivity contribution < 1.29 is 42.1 Å². The monoisotopic (exact) mass is 593 g/mol. The van der Waals surface area contributed by atoms with Crippen molar-refractivity contribution in [3.63, 3.8) is 0 Å². The molecule has 0 radical (unpaired) electrons. The molecule has 0 spiro atoms. The highest BCUT2D eigenvalue weighted by Gasteiger charge is 2.58. The van der Waals surface area contributed by atoms with Crippen LogP contribution < -0.4 is 4.74 Å². The molecular weight excluding hydrogens is 558 g/mol. The molecule has 42 heavy (non-hydrogen) atoms. The van der Waals surface area contributed by atoms with Gasteiger partial charge < -0.3 is 24.7 Å². The van der Waals surface area contributed by atoms with Gasteiger partial charge >= 0.3 is 12.1 Å². The second-order valence-corrected chi connectivity index (χ2v) is 12.1. The number of nitrogens with zero attached hydrogens (tertiary/aromatic N) is 3. The number of benzene rings is 1. The molecule has 8 nitrogen and oxygen atoms in total. The summed E-state index contributed by atoms with van der Waals surface area (Å²) in [6.45, 7) is 2.82. The molecule has 3 fully saturated rings. The smallest absolute Gasteiger partial charge is 0.395 e. The third kappa shape index (κ3) is 5.83. The number of alkyl halides is 3. The molecule has 228 valence electrons. The molecule has 1 aromatic carbocycles. The van der Waals surface area contributed by atoms with Crippen molar-refractivity contribution in [3.8, 4) is 17.0 Å². The zero-order valence-electron chi connectivity index (χ0n) is 23.4. The van der Waals surface area contributed by atoms with Gasteiger partial charge in [0.15, 0.2) is 0 Å². The molecule has 0 unspecified atom stereocenters. The van der Waals surface area contributed by atoms with Crippen LogP contribution in [-0.2, 0) is 4.79 Å². The number of aliphatic carboxylic acids is 1. The molecule has 3 heterocycles. The summed E-state index contributed by atoms with van der Waals surface area (Å²) in [6.07, 6.45) is -1.24. The molecule has 5 rings (SSSR count). The Hall–Kier alpha value is -3.25. The van der Waals surface area contributed by atoms with Crippen LogP contribution >= 0.6 is 0 Å². The van der Waals surface area contributed by atoms with E-state index in [1.807, 2.05) is 4.90 Å². The number of ether oxygens (including phenoxy) is 1. The van der Waals surface area contributed by atoms with Crippen molar-refractivity contribution in [3.05, 3.63) is 47.9 Å². The van der Waals surface area contributed by atoms with Gasteiger partial charge in [0.05, 0.1) is 23.7 Å². The first kappa shape index (κ1) is 30.2. The van der Waals surface area contributed by atoms with Crippen LogP contribution in [0.5, 0.6) is 5.88 Å². The SMILES string of the molecule is C[C@@]1(C(=O)O)C[C@@H](O)CN1C(=O)c1ccc(-c2ccc(OCC3CCN(CC4(C(F)(F)F)CCC4)CC3)nc2)cc1F. The Bertz CT molecular complexity index is 1310. The van der Waals surface area contributed by atoms with E-state index in [1.165, 1.54) is 25.3 Å². The fraction of sp³-hybridized carbons (Fsp3) is 0.567. The number of hydrogen-bond donors (Lipinski definition) is 2. The Balaban J connectivity index is 1.14. The lowest BCUT2D eigenvalue weighted by atomic mass is 9.67. The molecule has 2 saturated heterocycles. The Morgan fingerprint density at radius 3 is 2.36 bits per heavy atom. The number of β-amino-alcohol motifs (C(OH)–C–C–N with tert-alkyl or cyclic N) is 1. The molecule has 2 N–H and O–H groups in total. The number of carboxylic acids is 1. The van der Waals surface area contributed by atoms with E-state index in [0.29, 0.717) is 43.1 Å². The topological polar surface area (TPSA) is 103 Å². The lowest BCUT2D eigenvalue weighted by molar-refractivity contribution is -0.256. The van der Waals surface area contributed by atoms with E-state index in [-0.39, 0.29) is 43.8 Å². The predicted molar refractivity (Wildman–Crippen MR) is 144 cm³/mol. The number of carboxylic acid groups (broad SMARTS) is 1. The van der Waals surface area contributed by atoms with Crippen molar-refractivity contribution >= 4 is 11.9 Å². The molecule has 1 aliphatic carbocycles. The zero-order valence-corrected chi connectivity index (χ0v) is 23.4. The fourth-order valence-electron chi connectivity index (χ4n) is 6.28. The van der Waals surface area contributed by atoms with Gasteiger partial charge in [-0.3, -0.25) is 4.79 Å². The first-order chi connectivity index (χ1) is 19.8. The average Bonchev–Trinajstić information content (AvgIpc) is 3.24. The van der Waals surface area contributed by atoms with E-state index in [4.69, 9.17) is 4.74 Å². The van der Waals surface area contributed by atoms with Crippen molar-refractivity contribution in [1.29, 1.82) is 0 Å². The van der Waals surface area contributed by atoms with Gasteiger partial charge in [0.25, 0.3) is 5.91 Å². The van der Waals surface area contributed by atoms with Crippen molar-refractivity contribution in [2.24, 2.45) is 11.3 Å². The number of aliphatic hydroxyl groups excluding tert-OH is 1. The summed E-state index contributed by atoms with van der Waals surface area (Å²) < 4.78 is 61.4. The number of piperidine rings is 1. The fourth-order valence-corrected chi connectivity index (χ4v) is 6.28. The minimum absolute atomic E-state index is 0.0753. The molecular formula is C30H35F4N3O5. The molecule has 0 bridgehead atoms. The van der Waals surface area contributed by atoms with Crippen molar-refractivity contribution in [2.45, 2.75) is 63.3 Å². The number of likely N-dealkylation sites (tertiary alicyclic amines) is 2. The quantitative estimate of drug-likeness (QED) is 0.426. The molecule has 2 aromatic rings. The number of carbonyl (C=O) groups excluding carboxylic acids is 1.